The van der Waals surface area contributed by atoms with Crippen molar-refractivity contribution in [1.82, 2.24) is 10.2 Å². The summed E-state index contributed by atoms with van der Waals surface area (Å²) in [6.45, 7) is 8.50. The first-order chi connectivity index (χ1) is 13.8. The van der Waals surface area contributed by atoms with Crippen LogP contribution in [0.2, 0.25) is 0 Å². The predicted octanol–water partition coefficient (Wildman–Crippen LogP) is 5.23. The van der Waals surface area contributed by atoms with Crippen molar-refractivity contribution < 1.29 is 14.6 Å². The molecule has 0 bridgehead atoms. The average Bonchev–Trinajstić information content (AvgIpc) is 2.67. The van der Waals surface area contributed by atoms with E-state index in [1.165, 1.54) is 4.90 Å². The molecule has 2 aromatic carbocycles. The van der Waals surface area contributed by atoms with Gasteiger partial charge in [-0.3, -0.25) is 0 Å². The number of benzene rings is 2. The van der Waals surface area contributed by atoms with Gasteiger partial charge in [-0.2, -0.15) is 0 Å². The van der Waals surface area contributed by atoms with E-state index in [4.69, 9.17) is 4.74 Å². The van der Waals surface area contributed by atoms with Crippen LogP contribution in [0.1, 0.15) is 48.4 Å². The molecule has 0 saturated heterocycles. The van der Waals surface area contributed by atoms with Crippen LogP contribution in [0.4, 0.5) is 4.79 Å². The summed E-state index contributed by atoms with van der Waals surface area (Å²) in [6.07, 6.45) is 4.05. The molecule has 2 amide bonds. The fraction of sp³-hybridized carbons (Fsp3) is 0.375. The number of amides is 2. The molecule has 29 heavy (non-hydrogen) atoms. The Hall–Kier alpha value is -2.95. The van der Waals surface area contributed by atoms with Gasteiger partial charge in [0.2, 0.25) is 0 Å². The maximum absolute atomic E-state index is 12.1. The summed E-state index contributed by atoms with van der Waals surface area (Å²) in [7, 11) is 3.39. The number of carbonyl (C=O) groups excluding carboxylic acids is 1. The zero-order valence-electron chi connectivity index (χ0n) is 17.8. The van der Waals surface area contributed by atoms with E-state index < -0.39 is 0 Å². The number of phenolic OH excluding ortho intramolecular Hbond substituents is 1. The maximum atomic E-state index is 12.1. The van der Waals surface area contributed by atoms with E-state index in [0.717, 1.165) is 53.5 Å². The van der Waals surface area contributed by atoms with Gasteiger partial charge in [-0.15, -0.1) is 0 Å². The highest BCUT2D eigenvalue weighted by Gasteiger charge is 2.27. The maximum Gasteiger partial charge on any atom is 0.317 e. The molecule has 1 aliphatic rings. The molecule has 5 nitrogen and oxygen atoms in total. The summed E-state index contributed by atoms with van der Waals surface area (Å²) >= 11 is 0. The van der Waals surface area contributed by atoms with Crippen LogP contribution in [0.25, 0.3) is 16.9 Å². The summed E-state index contributed by atoms with van der Waals surface area (Å²) < 4.78 is 5.99. The fourth-order valence-electron chi connectivity index (χ4n) is 3.68. The van der Waals surface area contributed by atoms with Gasteiger partial charge in [0.15, 0.2) is 0 Å². The molecule has 2 aromatic rings. The molecule has 1 aliphatic heterocycles. The van der Waals surface area contributed by atoms with E-state index >= 15 is 0 Å². The lowest BCUT2D eigenvalue weighted by atomic mass is 9.88. The van der Waals surface area contributed by atoms with Crippen LogP contribution in [0.3, 0.4) is 0 Å². The molecule has 1 heterocycles. The third-order valence-corrected chi connectivity index (χ3v) is 5.31. The lowest BCUT2D eigenvalue weighted by molar-refractivity contribution is 0.217. The number of hydrogen-bond acceptors (Lipinski definition) is 3. The number of urea groups is 1. The van der Waals surface area contributed by atoms with Crippen LogP contribution in [-0.2, 0) is 13.0 Å². The molecule has 2 N–H and O–H groups in total. The molecule has 0 aliphatic carbocycles. The highest BCUT2D eigenvalue weighted by Crippen LogP contribution is 2.49. The van der Waals surface area contributed by atoms with Crippen LogP contribution in [0.15, 0.2) is 30.8 Å². The normalized spacial score (nSPS) is 12.1. The number of phenols is 1. The number of hydrogen-bond donors (Lipinski definition) is 2. The first kappa shape index (κ1) is 20.8. The van der Waals surface area contributed by atoms with Gasteiger partial charge in [-0.05, 0) is 31.4 Å². The first-order valence-corrected chi connectivity index (χ1v) is 10.1. The minimum absolute atomic E-state index is 0.174. The molecular formula is C24H30N2O3. The SMILES string of the molecule is C=C1Oc2cc(CCCCC)c(CNC(=O)N(C)C)c(O)c2-c2cc(C)ccc21. The van der Waals surface area contributed by atoms with Crippen molar-refractivity contribution in [3.63, 3.8) is 0 Å². The van der Waals surface area contributed by atoms with Crippen LogP contribution < -0.4 is 10.1 Å². The van der Waals surface area contributed by atoms with E-state index in [0.29, 0.717) is 17.1 Å². The molecule has 0 spiro atoms. The number of aryl methyl sites for hydroxylation is 2. The molecule has 0 radical (unpaired) electrons. The van der Waals surface area contributed by atoms with Crippen molar-refractivity contribution in [2.45, 2.75) is 46.1 Å². The monoisotopic (exact) mass is 394 g/mol. The quantitative estimate of drug-likeness (QED) is 0.659. The van der Waals surface area contributed by atoms with Crippen LogP contribution in [0, 0.1) is 6.92 Å². The molecule has 5 heteroatoms. The Morgan fingerprint density at radius 2 is 1.97 bits per heavy atom. The summed E-state index contributed by atoms with van der Waals surface area (Å²) in [5, 5.41) is 14.2. The van der Waals surface area contributed by atoms with E-state index in [1.54, 1.807) is 14.1 Å². The Morgan fingerprint density at radius 3 is 2.66 bits per heavy atom. The molecule has 0 atom stereocenters. The third kappa shape index (κ3) is 4.24. The zero-order valence-corrected chi connectivity index (χ0v) is 17.8. The number of fused-ring (bicyclic) bond motifs is 3. The molecule has 3 rings (SSSR count). The van der Waals surface area contributed by atoms with E-state index in [1.807, 2.05) is 31.2 Å². The molecule has 0 saturated carbocycles. The van der Waals surface area contributed by atoms with Crippen molar-refractivity contribution in [2.75, 3.05) is 14.1 Å². The van der Waals surface area contributed by atoms with Gasteiger partial charge in [0.25, 0.3) is 0 Å². The van der Waals surface area contributed by atoms with Gasteiger partial charge in [-0.1, -0.05) is 50.1 Å². The summed E-state index contributed by atoms with van der Waals surface area (Å²) in [4.78, 5) is 13.6. The summed E-state index contributed by atoms with van der Waals surface area (Å²) in [5.74, 6) is 1.38. The van der Waals surface area contributed by atoms with Crippen LogP contribution >= 0.6 is 0 Å². The number of nitrogens with zero attached hydrogens (tertiary/aromatic N) is 1. The average molecular weight is 395 g/mol. The zero-order chi connectivity index (χ0) is 21.1. The Morgan fingerprint density at radius 1 is 1.21 bits per heavy atom. The summed E-state index contributed by atoms with van der Waals surface area (Å²) in [5.41, 5.74) is 5.30. The molecule has 0 fully saturated rings. The Kier molecular flexibility index (Phi) is 6.16. The van der Waals surface area contributed by atoms with Gasteiger partial charge in [-0.25, -0.2) is 4.79 Å². The van der Waals surface area contributed by atoms with Crippen molar-refractivity contribution in [2.24, 2.45) is 0 Å². The lowest BCUT2D eigenvalue weighted by Gasteiger charge is -2.26. The predicted molar refractivity (Wildman–Crippen MR) is 117 cm³/mol. The largest absolute Gasteiger partial charge is 0.507 e. The highest BCUT2D eigenvalue weighted by molar-refractivity contribution is 5.91. The van der Waals surface area contributed by atoms with Crippen molar-refractivity contribution in [3.8, 4) is 22.6 Å². The second-order valence-electron chi connectivity index (χ2n) is 7.82. The number of unbranched alkanes of at least 4 members (excludes halogenated alkanes) is 2. The topological polar surface area (TPSA) is 61.8 Å². The van der Waals surface area contributed by atoms with Crippen molar-refractivity contribution in [3.05, 3.63) is 53.1 Å². The number of carbonyl (C=O) groups is 1. The Balaban J connectivity index is 2.10. The lowest BCUT2D eigenvalue weighted by Crippen LogP contribution is -2.34. The Bertz CT molecular complexity index is 948. The molecule has 0 aromatic heterocycles. The highest BCUT2D eigenvalue weighted by atomic mass is 16.5. The van der Waals surface area contributed by atoms with E-state index in [2.05, 4.69) is 18.8 Å². The van der Waals surface area contributed by atoms with Crippen LogP contribution in [-0.4, -0.2) is 30.1 Å². The number of ether oxygens (including phenoxy) is 1. The van der Waals surface area contributed by atoms with Crippen molar-refractivity contribution in [1.29, 1.82) is 0 Å². The second-order valence-corrected chi connectivity index (χ2v) is 7.82. The first-order valence-electron chi connectivity index (χ1n) is 10.1. The Labute approximate surface area is 173 Å². The van der Waals surface area contributed by atoms with E-state index in [9.17, 15) is 9.90 Å². The van der Waals surface area contributed by atoms with Gasteiger partial charge < -0.3 is 20.1 Å². The van der Waals surface area contributed by atoms with Gasteiger partial charge in [0, 0.05) is 37.3 Å². The number of aromatic hydroxyl groups is 1. The van der Waals surface area contributed by atoms with Crippen molar-refractivity contribution >= 4 is 11.8 Å². The second kappa shape index (κ2) is 8.60. The van der Waals surface area contributed by atoms with Gasteiger partial charge in [0.05, 0.1) is 5.56 Å². The van der Waals surface area contributed by atoms with Gasteiger partial charge in [0.1, 0.15) is 17.3 Å². The summed E-state index contributed by atoms with van der Waals surface area (Å²) in [6, 6.07) is 7.83. The van der Waals surface area contributed by atoms with Gasteiger partial charge >= 0.3 is 6.03 Å². The molecule has 0 unspecified atom stereocenters. The standard InChI is InChI=1S/C24H30N2O3/c1-6-7-8-9-17-13-21-22(23(27)20(17)14-25-24(28)26(4)5)19-12-15(2)10-11-18(19)16(3)29-21/h10-13,27H,3,6-9,14H2,1-2,4-5H3,(H,25,28). The number of rotatable bonds is 6. The van der Waals surface area contributed by atoms with E-state index in [-0.39, 0.29) is 18.3 Å². The third-order valence-electron chi connectivity index (χ3n) is 5.31. The number of nitrogens with one attached hydrogen (secondary N) is 1. The fourth-order valence-corrected chi connectivity index (χ4v) is 3.68. The minimum atomic E-state index is -0.192. The molecule has 154 valence electrons. The minimum Gasteiger partial charge on any atom is -0.507 e. The van der Waals surface area contributed by atoms with Crippen LogP contribution in [0.5, 0.6) is 11.5 Å². The molecular weight excluding hydrogens is 364 g/mol. The smallest absolute Gasteiger partial charge is 0.317 e.